The second-order valence-corrected chi connectivity index (χ2v) is 8.65. The van der Waals surface area contributed by atoms with Gasteiger partial charge in [0.05, 0.1) is 11.4 Å². The molecule has 0 saturated heterocycles. The Morgan fingerprint density at radius 2 is 2.00 bits per heavy atom. The van der Waals surface area contributed by atoms with E-state index in [1.165, 1.54) is 6.26 Å². The van der Waals surface area contributed by atoms with E-state index >= 15 is 0 Å². The first-order valence-corrected chi connectivity index (χ1v) is 11.0. The largest absolute Gasteiger partial charge is 0.359 e. The van der Waals surface area contributed by atoms with Crippen molar-refractivity contribution in [2.45, 2.75) is 65.5 Å². The summed E-state index contributed by atoms with van der Waals surface area (Å²) in [5, 5.41) is 10.5. The number of nitrogens with zero attached hydrogens (tertiary/aromatic N) is 2. The van der Waals surface area contributed by atoms with Crippen molar-refractivity contribution in [3.8, 4) is 0 Å². The summed E-state index contributed by atoms with van der Waals surface area (Å²) < 4.78 is 27.9. The van der Waals surface area contributed by atoms with E-state index in [0.717, 1.165) is 30.8 Å². The number of nitrogens with one attached hydrogen (secondary N) is 2. The molecule has 1 aromatic rings. The molecule has 0 radical (unpaired) electrons. The molecule has 0 saturated carbocycles. The molecule has 0 aromatic carbocycles. The molecule has 0 spiro atoms. The van der Waals surface area contributed by atoms with Crippen molar-refractivity contribution in [2.75, 3.05) is 18.6 Å². The molecule has 1 heterocycles. The van der Waals surface area contributed by atoms with E-state index in [1.54, 1.807) is 0 Å². The second-order valence-electron chi connectivity index (χ2n) is 6.39. The SMILES string of the molecule is CCNC(=NCc1cc(C(CC)CC)no1)NC(C)CCS(C)(=O)=O. The highest BCUT2D eigenvalue weighted by atomic mass is 32.2. The van der Waals surface area contributed by atoms with Crippen molar-refractivity contribution in [1.82, 2.24) is 15.8 Å². The number of hydrogen-bond donors (Lipinski definition) is 2. The summed E-state index contributed by atoms with van der Waals surface area (Å²) in [5.74, 6) is 1.94. The number of rotatable bonds is 10. The summed E-state index contributed by atoms with van der Waals surface area (Å²) in [4.78, 5) is 4.50. The van der Waals surface area contributed by atoms with Gasteiger partial charge < -0.3 is 15.2 Å². The van der Waals surface area contributed by atoms with Gasteiger partial charge in [-0.15, -0.1) is 0 Å². The van der Waals surface area contributed by atoms with Crippen LogP contribution in [0.25, 0.3) is 0 Å². The quantitative estimate of drug-likeness (QED) is 0.484. The summed E-state index contributed by atoms with van der Waals surface area (Å²) in [5.41, 5.74) is 0.981. The third-order valence-electron chi connectivity index (χ3n) is 4.02. The fourth-order valence-electron chi connectivity index (χ4n) is 2.48. The van der Waals surface area contributed by atoms with Crippen LogP contribution in [-0.4, -0.2) is 44.1 Å². The van der Waals surface area contributed by atoms with Gasteiger partial charge in [-0.25, -0.2) is 13.4 Å². The Hall–Kier alpha value is -1.57. The Labute approximate surface area is 151 Å². The lowest BCUT2D eigenvalue weighted by Gasteiger charge is -2.17. The predicted molar refractivity (Wildman–Crippen MR) is 102 cm³/mol. The number of guanidine groups is 1. The molecule has 25 heavy (non-hydrogen) atoms. The van der Waals surface area contributed by atoms with E-state index in [1.807, 2.05) is 19.9 Å². The van der Waals surface area contributed by atoms with Gasteiger partial charge >= 0.3 is 0 Å². The van der Waals surface area contributed by atoms with Gasteiger partial charge in [0.25, 0.3) is 0 Å². The van der Waals surface area contributed by atoms with Crippen molar-refractivity contribution >= 4 is 15.8 Å². The normalized spacial score (nSPS) is 13.9. The number of aromatic nitrogens is 1. The highest BCUT2D eigenvalue weighted by Gasteiger charge is 2.13. The third-order valence-corrected chi connectivity index (χ3v) is 5.00. The lowest BCUT2D eigenvalue weighted by atomic mass is 9.99. The minimum Gasteiger partial charge on any atom is -0.359 e. The zero-order chi connectivity index (χ0) is 18.9. The second kappa shape index (κ2) is 10.4. The van der Waals surface area contributed by atoms with Gasteiger partial charge in [0.15, 0.2) is 11.7 Å². The van der Waals surface area contributed by atoms with Crippen molar-refractivity contribution in [1.29, 1.82) is 0 Å². The lowest BCUT2D eigenvalue weighted by Crippen LogP contribution is -2.42. The van der Waals surface area contributed by atoms with E-state index in [2.05, 4.69) is 34.6 Å². The minimum atomic E-state index is -2.96. The Kier molecular flexibility index (Phi) is 8.96. The maximum absolute atomic E-state index is 11.3. The highest BCUT2D eigenvalue weighted by molar-refractivity contribution is 7.90. The molecule has 0 aliphatic carbocycles. The molecule has 1 rings (SSSR count). The topological polar surface area (TPSA) is 96.6 Å². The van der Waals surface area contributed by atoms with Gasteiger partial charge in [-0.1, -0.05) is 19.0 Å². The highest BCUT2D eigenvalue weighted by Crippen LogP contribution is 2.22. The molecule has 0 amide bonds. The minimum absolute atomic E-state index is 0.00220. The molecular formula is C17H32N4O3S. The van der Waals surface area contributed by atoms with Crippen molar-refractivity contribution in [3.05, 3.63) is 17.5 Å². The molecule has 0 aliphatic heterocycles. The molecule has 0 fully saturated rings. The molecule has 0 bridgehead atoms. The summed E-state index contributed by atoms with van der Waals surface area (Å²) in [6, 6.07) is 1.97. The Morgan fingerprint density at radius 1 is 1.32 bits per heavy atom. The summed E-state index contributed by atoms with van der Waals surface area (Å²) in [6.45, 7) is 9.33. The van der Waals surface area contributed by atoms with E-state index < -0.39 is 9.84 Å². The molecule has 144 valence electrons. The van der Waals surface area contributed by atoms with Crippen LogP contribution < -0.4 is 10.6 Å². The van der Waals surface area contributed by atoms with Crippen LogP contribution in [0.1, 0.15) is 64.3 Å². The van der Waals surface area contributed by atoms with Crippen molar-refractivity contribution in [2.24, 2.45) is 4.99 Å². The maximum Gasteiger partial charge on any atom is 0.191 e. The van der Waals surface area contributed by atoms with Crippen LogP contribution in [0.15, 0.2) is 15.6 Å². The van der Waals surface area contributed by atoms with Crippen molar-refractivity contribution in [3.63, 3.8) is 0 Å². The van der Waals surface area contributed by atoms with Gasteiger partial charge in [0.1, 0.15) is 16.4 Å². The molecule has 0 aliphatic rings. The third kappa shape index (κ3) is 8.38. The van der Waals surface area contributed by atoms with Crippen LogP contribution in [0.4, 0.5) is 0 Å². The summed E-state index contributed by atoms with van der Waals surface area (Å²) in [7, 11) is -2.96. The first-order chi connectivity index (χ1) is 11.8. The van der Waals surface area contributed by atoms with E-state index in [9.17, 15) is 8.42 Å². The van der Waals surface area contributed by atoms with Gasteiger partial charge in [-0.2, -0.15) is 0 Å². The fraction of sp³-hybridized carbons (Fsp3) is 0.765. The Balaban J connectivity index is 2.66. The molecule has 1 aromatic heterocycles. The fourth-order valence-corrected chi connectivity index (χ4v) is 3.26. The average Bonchev–Trinajstić information content (AvgIpc) is 3.00. The maximum atomic E-state index is 11.3. The van der Waals surface area contributed by atoms with Crippen LogP contribution in [0.3, 0.4) is 0 Å². The zero-order valence-corrected chi connectivity index (χ0v) is 16.8. The zero-order valence-electron chi connectivity index (χ0n) is 16.0. The standard InChI is InChI=1S/C17H32N4O3S/c1-6-14(7-2)16-11-15(24-21-16)12-19-17(18-8-3)20-13(4)9-10-25(5,22)23/h11,13-14H,6-10,12H2,1-5H3,(H2,18,19,20). The molecule has 8 heteroatoms. The molecule has 2 N–H and O–H groups in total. The van der Waals surface area contributed by atoms with E-state index in [4.69, 9.17) is 4.52 Å². The lowest BCUT2D eigenvalue weighted by molar-refractivity contribution is 0.372. The summed E-state index contributed by atoms with van der Waals surface area (Å²) in [6.07, 6.45) is 3.85. The van der Waals surface area contributed by atoms with Crippen molar-refractivity contribution < 1.29 is 12.9 Å². The van der Waals surface area contributed by atoms with Crippen LogP contribution in [0.2, 0.25) is 0 Å². The molecular weight excluding hydrogens is 340 g/mol. The average molecular weight is 373 g/mol. The van der Waals surface area contributed by atoms with Crippen LogP contribution in [0, 0.1) is 0 Å². The van der Waals surface area contributed by atoms with Crippen LogP contribution in [-0.2, 0) is 16.4 Å². The van der Waals surface area contributed by atoms with Gasteiger partial charge in [0.2, 0.25) is 0 Å². The Morgan fingerprint density at radius 3 is 2.56 bits per heavy atom. The first kappa shape index (κ1) is 21.5. The monoisotopic (exact) mass is 372 g/mol. The van der Waals surface area contributed by atoms with Crippen LogP contribution in [0.5, 0.6) is 0 Å². The van der Waals surface area contributed by atoms with E-state index in [0.29, 0.717) is 24.8 Å². The Bertz CT molecular complexity index is 636. The summed E-state index contributed by atoms with van der Waals surface area (Å²) >= 11 is 0. The van der Waals surface area contributed by atoms with E-state index in [-0.39, 0.29) is 11.8 Å². The number of aliphatic imine (C=N–C) groups is 1. The van der Waals surface area contributed by atoms with Crippen LogP contribution >= 0.6 is 0 Å². The molecule has 7 nitrogen and oxygen atoms in total. The van der Waals surface area contributed by atoms with Gasteiger partial charge in [-0.05, 0) is 33.1 Å². The smallest absolute Gasteiger partial charge is 0.191 e. The first-order valence-electron chi connectivity index (χ1n) is 8.97. The number of sulfone groups is 1. The van der Waals surface area contributed by atoms with Gasteiger partial charge in [0, 0.05) is 30.8 Å². The molecule has 1 unspecified atom stereocenters. The number of hydrogen-bond acceptors (Lipinski definition) is 5. The molecule has 1 atom stereocenters. The van der Waals surface area contributed by atoms with Gasteiger partial charge in [-0.3, -0.25) is 0 Å². The predicted octanol–water partition coefficient (Wildman–Crippen LogP) is 2.46.